The summed E-state index contributed by atoms with van der Waals surface area (Å²) in [6, 6.07) is 31.1. The molecule has 0 spiro atoms. The van der Waals surface area contributed by atoms with Crippen LogP contribution in [0.15, 0.2) is 103 Å². The van der Waals surface area contributed by atoms with Gasteiger partial charge in [0.15, 0.2) is 0 Å². The molecule has 1 heterocycles. The van der Waals surface area contributed by atoms with Crippen LogP contribution in [0.25, 0.3) is 10.8 Å². The molecule has 0 saturated carbocycles. The molecular weight excluding hydrogens is 756 g/mol. The number of amides is 4. The highest BCUT2D eigenvalue weighted by Crippen LogP contribution is 2.33. The van der Waals surface area contributed by atoms with Crippen LogP contribution in [0.1, 0.15) is 126 Å². The summed E-state index contributed by atoms with van der Waals surface area (Å²) in [5.41, 5.74) is 4.69. The fourth-order valence-electron chi connectivity index (χ4n) is 7.80. The van der Waals surface area contributed by atoms with Crippen molar-refractivity contribution in [2.45, 2.75) is 104 Å². The van der Waals surface area contributed by atoms with Gasteiger partial charge in [0.25, 0.3) is 17.7 Å². The molecule has 10 heteroatoms. The van der Waals surface area contributed by atoms with Crippen LogP contribution in [-0.4, -0.2) is 47.7 Å². The van der Waals surface area contributed by atoms with E-state index in [9.17, 15) is 23.6 Å². The first-order valence-corrected chi connectivity index (χ1v) is 21.5. The topological polar surface area (TPSA) is 117 Å². The second-order valence-electron chi connectivity index (χ2n) is 15.7. The number of nitrogens with one attached hydrogen (secondary N) is 3. The molecule has 0 radical (unpaired) electrons. The summed E-state index contributed by atoms with van der Waals surface area (Å²) in [7, 11) is 0. The maximum atomic E-state index is 13.1. The lowest BCUT2D eigenvalue weighted by Crippen LogP contribution is -2.37. The standard InChI is InChI=1S/C50H57FN4O5/c1-3-15-35(2)55-49(58)43-19-14-20-44(47(43)50(55)59)52-28-10-8-6-4-5-7-9-11-29-53-46(56)31-37-16-12-17-38(30-37)34-54-48(57)40-24-27-42-39(32-40)18-13-21-45(42)60-41-25-22-36(33-51)23-26-41/h12-14,16-27,30,32,35,52H,3-11,15,28-29,31,33-34H2,1-2H3,(H,53,56)(H,54,57). The Morgan fingerprint density at radius 3 is 2.17 bits per heavy atom. The molecule has 314 valence electrons. The van der Waals surface area contributed by atoms with Crippen molar-refractivity contribution >= 4 is 40.1 Å². The van der Waals surface area contributed by atoms with Gasteiger partial charge in [-0.2, -0.15) is 0 Å². The van der Waals surface area contributed by atoms with Gasteiger partial charge in [0.2, 0.25) is 5.91 Å². The van der Waals surface area contributed by atoms with E-state index in [1.54, 1.807) is 36.4 Å². The van der Waals surface area contributed by atoms with Gasteiger partial charge in [-0.05, 0) is 96.8 Å². The van der Waals surface area contributed by atoms with E-state index in [0.717, 1.165) is 91.9 Å². The molecule has 1 aliphatic heterocycles. The third kappa shape index (κ3) is 11.6. The lowest BCUT2D eigenvalue weighted by Gasteiger charge is -2.21. The van der Waals surface area contributed by atoms with E-state index in [2.05, 4.69) is 22.9 Å². The molecule has 0 fully saturated rings. The molecule has 1 aliphatic rings. The summed E-state index contributed by atoms with van der Waals surface area (Å²) in [4.78, 5) is 53.3. The molecule has 0 aromatic heterocycles. The van der Waals surface area contributed by atoms with Gasteiger partial charge in [0.05, 0.1) is 17.5 Å². The predicted molar refractivity (Wildman–Crippen MR) is 236 cm³/mol. The fraction of sp³-hybridized carbons (Fsp3) is 0.360. The predicted octanol–water partition coefficient (Wildman–Crippen LogP) is 10.7. The van der Waals surface area contributed by atoms with Gasteiger partial charge in [-0.25, -0.2) is 4.39 Å². The maximum absolute atomic E-state index is 13.1. The van der Waals surface area contributed by atoms with E-state index in [1.165, 1.54) is 11.3 Å². The Balaban J connectivity index is 0.824. The molecule has 0 saturated heterocycles. The van der Waals surface area contributed by atoms with Gasteiger partial charge in [-0.1, -0.05) is 106 Å². The summed E-state index contributed by atoms with van der Waals surface area (Å²) in [6.07, 6.45) is 10.7. The molecule has 1 atom stereocenters. The molecule has 1 unspecified atom stereocenters. The van der Waals surface area contributed by atoms with Crippen LogP contribution in [0, 0.1) is 0 Å². The van der Waals surface area contributed by atoms with Gasteiger partial charge in [0, 0.05) is 42.3 Å². The smallest absolute Gasteiger partial charge is 0.263 e. The van der Waals surface area contributed by atoms with Crippen molar-refractivity contribution in [1.82, 2.24) is 15.5 Å². The molecule has 9 nitrogen and oxygen atoms in total. The summed E-state index contributed by atoms with van der Waals surface area (Å²) in [6.45, 7) is 5.22. The Morgan fingerprint density at radius 1 is 0.717 bits per heavy atom. The van der Waals surface area contributed by atoms with Crippen molar-refractivity contribution in [1.29, 1.82) is 0 Å². The number of anilines is 1. The minimum absolute atomic E-state index is 0.0131. The number of alkyl halides is 1. The summed E-state index contributed by atoms with van der Waals surface area (Å²) in [5, 5.41) is 11.2. The number of hydrogen-bond donors (Lipinski definition) is 3. The Bertz CT molecular complexity index is 2260. The van der Waals surface area contributed by atoms with Gasteiger partial charge < -0.3 is 20.7 Å². The number of halogens is 1. The SMILES string of the molecule is CCCC(C)N1C(=O)c2cccc(NCCCCCCCCCCNC(=O)Cc3cccc(CNC(=O)c4ccc5c(Oc6ccc(CF)cc6)cccc5c4)c3)c2C1=O. The summed E-state index contributed by atoms with van der Waals surface area (Å²) in [5.74, 6) is 0.670. The molecule has 0 bridgehead atoms. The van der Waals surface area contributed by atoms with Crippen LogP contribution < -0.4 is 20.7 Å². The van der Waals surface area contributed by atoms with Crippen LogP contribution in [0.2, 0.25) is 0 Å². The van der Waals surface area contributed by atoms with Crippen LogP contribution in [0.5, 0.6) is 11.5 Å². The zero-order chi connectivity index (χ0) is 42.3. The molecule has 5 aromatic rings. The van der Waals surface area contributed by atoms with E-state index in [-0.39, 0.29) is 36.1 Å². The lowest BCUT2D eigenvalue weighted by molar-refractivity contribution is -0.120. The van der Waals surface area contributed by atoms with Crippen molar-refractivity contribution in [2.24, 2.45) is 0 Å². The average molecular weight is 813 g/mol. The Hall–Kier alpha value is -6.03. The van der Waals surface area contributed by atoms with Crippen molar-refractivity contribution < 1.29 is 28.3 Å². The molecule has 3 N–H and O–H groups in total. The third-order valence-corrected chi connectivity index (χ3v) is 11.1. The largest absolute Gasteiger partial charge is 0.457 e. The second-order valence-corrected chi connectivity index (χ2v) is 15.7. The van der Waals surface area contributed by atoms with Gasteiger partial charge in [-0.15, -0.1) is 0 Å². The first-order chi connectivity index (χ1) is 29.2. The minimum Gasteiger partial charge on any atom is -0.457 e. The monoisotopic (exact) mass is 812 g/mol. The minimum atomic E-state index is -0.525. The number of imide groups is 1. The number of rotatable bonds is 23. The number of unbranched alkanes of at least 4 members (excludes halogenated alkanes) is 7. The average Bonchev–Trinajstić information content (AvgIpc) is 3.52. The third-order valence-electron chi connectivity index (χ3n) is 11.1. The van der Waals surface area contributed by atoms with Gasteiger partial charge in [0.1, 0.15) is 18.2 Å². The van der Waals surface area contributed by atoms with Crippen LogP contribution in [-0.2, 0) is 24.4 Å². The highest BCUT2D eigenvalue weighted by atomic mass is 19.1. The molecule has 5 aromatic carbocycles. The molecule has 4 amide bonds. The molecular formula is C50H57FN4O5. The van der Waals surface area contributed by atoms with Crippen LogP contribution in [0.3, 0.4) is 0 Å². The zero-order valence-corrected chi connectivity index (χ0v) is 34.9. The zero-order valence-electron chi connectivity index (χ0n) is 34.9. The Labute approximate surface area is 353 Å². The number of carbonyl (C=O) groups excluding carboxylic acids is 4. The van der Waals surface area contributed by atoms with E-state index >= 15 is 0 Å². The van der Waals surface area contributed by atoms with Gasteiger partial charge >= 0.3 is 0 Å². The highest BCUT2D eigenvalue weighted by molar-refractivity contribution is 6.24. The number of nitrogens with zero attached hydrogens (tertiary/aromatic N) is 1. The first-order valence-electron chi connectivity index (χ1n) is 21.5. The van der Waals surface area contributed by atoms with Crippen LogP contribution >= 0.6 is 0 Å². The number of hydrogen-bond acceptors (Lipinski definition) is 6. The second kappa shape index (κ2) is 21.8. The molecule has 0 aliphatic carbocycles. The summed E-state index contributed by atoms with van der Waals surface area (Å²) < 4.78 is 19.0. The van der Waals surface area contributed by atoms with E-state index in [0.29, 0.717) is 46.8 Å². The quantitative estimate of drug-likeness (QED) is 0.0447. The number of ether oxygens (including phenoxy) is 1. The maximum Gasteiger partial charge on any atom is 0.263 e. The number of benzene rings is 5. The number of fused-ring (bicyclic) bond motifs is 2. The van der Waals surface area contributed by atoms with Gasteiger partial charge in [-0.3, -0.25) is 24.1 Å². The van der Waals surface area contributed by atoms with Crippen molar-refractivity contribution in [3.8, 4) is 11.5 Å². The van der Waals surface area contributed by atoms with E-state index in [4.69, 9.17) is 4.74 Å². The lowest BCUT2D eigenvalue weighted by atomic mass is 10.0. The van der Waals surface area contributed by atoms with Crippen molar-refractivity contribution in [3.63, 3.8) is 0 Å². The number of carbonyl (C=O) groups is 4. The Kier molecular flexibility index (Phi) is 15.8. The fourth-order valence-corrected chi connectivity index (χ4v) is 7.80. The Morgan fingerprint density at radius 2 is 1.42 bits per heavy atom. The van der Waals surface area contributed by atoms with Crippen LogP contribution in [0.4, 0.5) is 10.1 Å². The normalized spacial score (nSPS) is 12.7. The molecule has 60 heavy (non-hydrogen) atoms. The summed E-state index contributed by atoms with van der Waals surface area (Å²) >= 11 is 0. The molecule has 6 rings (SSSR count). The highest BCUT2D eigenvalue weighted by Gasteiger charge is 2.39. The first kappa shape index (κ1) is 43.5. The van der Waals surface area contributed by atoms with E-state index < -0.39 is 6.67 Å². The van der Waals surface area contributed by atoms with Crippen molar-refractivity contribution in [2.75, 3.05) is 18.4 Å². The van der Waals surface area contributed by atoms with Crippen molar-refractivity contribution in [3.05, 3.63) is 137 Å². The van der Waals surface area contributed by atoms with E-state index in [1.807, 2.05) is 73.7 Å².